The van der Waals surface area contributed by atoms with Crippen LogP contribution in [0.5, 0.6) is 0 Å². The van der Waals surface area contributed by atoms with Gasteiger partial charge in [-0.15, -0.1) is 11.8 Å². The lowest BCUT2D eigenvalue weighted by Gasteiger charge is -2.23. The third-order valence-corrected chi connectivity index (χ3v) is 7.34. The number of anilines is 1. The number of aryl methyl sites for hydroxylation is 2. The van der Waals surface area contributed by atoms with Crippen molar-refractivity contribution in [2.75, 3.05) is 24.0 Å². The summed E-state index contributed by atoms with van der Waals surface area (Å²) in [5.74, 6) is 0.374. The number of carbonyl (C=O) groups excluding carboxylic acids is 2. The van der Waals surface area contributed by atoms with Crippen molar-refractivity contribution in [2.45, 2.75) is 24.8 Å². The zero-order valence-corrected chi connectivity index (χ0v) is 18.1. The third kappa shape index (κ3) is 4.63. The van der Waals surface area contributed by atoms with Gasteiger partial charge in [-0.25, -0.2) is 13.1 Å². The van der Waals surface area contributed by atoms with Crippen LogP contribution in [0.15, 0.2) is 47.4 Å². The first kappa shape index (κ1) is 21.4. The zero-order chi connectivity index (χ0) is 21.2. The number of benzene rings is 2. The second kappa shape index (κ2) is 8.56. The molecule has 9 heteroatoms. The van der Waals surface area contributed by atoms with Crippen LogP contribution in [0, 0.1) is 13.8 Å². The fourth-order valence-corrected chi connectivity index (χ4v) is 4.85. The number of amides is 2. The van der Waals surface area contributed by atoms with Crippen molar-refractivity contribution < 1.29 is 18.0 Å². The van der Waals surface area contributed by atoms with Gasteiger partial charge in [0.15, 0.2) is 0 Å². The molecule has 2 aromatic carbocycles. The zero-order valence-electron chi connectivity index (χ0n) is 16.4. The second-order valence-electron chi connectivity index (χ2n) is 6.81. The maximum absolute atomic E-state index is 12.9. The molecule has 0 bridgehead atoms. The van der Waals surface area contributed by atoms with E-state index in [1.165, 1.54) is 48.0 Å². The maximum Gasteiger partial charge on any atom is 0.255 e. The highest BCUT2D eigenvalue weighted by molar-refractivity contribution is 7.99. The molecule has 1 aliphatic rings. The SMILES string of the molecule is CNS(=O)(=O)c1ccc(C(=O)N2CSCC2C(=O)Nc2ccc(C)c(C)c2)cc1. The second-order valence-corrected chi connectivity index (χ2v) is 9.70. The lowest BCUT2D eigenvalue weighted by molar-refractivity contribution is -0.119. The number of nitrogens with one attached hydrogen (secondary N) is 2. The van der Waals surface area contributed by atoms with Gasteiger partial charge in [0.2, 0.25) is 15.9 Å². The summed E-state index contributed by atoms with van der Waals surface area (Å²) >= 11 is 1.51. The average Bonchev–Trinajstić information content (AvgIpc) is 3.20. The van der Waals surface area contributed by atoms with Crippen LogP contribution in [-0.2, 0) is 14.8 Å². The molecule has 2 amide bonds. The Morgan fingerprint density at radius 1 is 1.07 bits per heavy atom. The number of hydrogen-bond acceptors (Lipinski definition) is 5. The number of nitrogens with zero attached hydrogens (tertiary/aromatic N) is 1. The molecule has 0 aromatic heterocycles. The molecule has 2 aromatic rings. The van der Waals surface area contributed by atoms with Gasteiger partial charge in [0, 0.05) is 17.0 Å². The molecule has 0 radical (unpaired) electrons. The summed E-state index contributed by atoms with van der Waals surface area (Å²) in [5, 5.41) is 2.89. The molecule has 0 spiro atoms. The summed E-state index contributed by atoms with van der Waals surface area (Å²) in [6.45, 7) is 3.98. The molecule has 29 heavy (non-hydrogen) atoms. The first-order valence-electron chi connectivity index (χ1n) is 9.03. The first-order valence-corrected chi connectivity index (χ1v) is 11.7. The molecule has 7 nitrogen and oxygen atoms in total. The fraction of sp³-hybridized carbons (Fsp3) is 0.300. The van der Waals surface area contributed by atoms with Crippen LogP contribution in [0.25, 0.3) is 0 Å². The molecule has 1 fully saturated rings. The molecule has 154 valence electrons. The van der Waals surface area contributed by atoms with Crippen LogP contribution in [-0.4, -0.2) is 49.9 Å². The number of carbonyl (C=O) groups is 2. The lowest BCUT2D eigenvalue weighted by atomic mass is 10.1. The Morgan fingerprint density at radius 3 is 2.38 bits per heavy atom. The summed E-state index contributed by atoms with van der Waals surface area (Å²) in [4.78, 5) is 27.3. The van der Waals surface area contributed by atoms with E-state index in [0.29, 0.717) is 22.9 Å². The molecule has 3 rings (SSSR count). The van der Waals surface area contributed by atoms with Gasteiger partial charge in [0.1, 0.15) is 6.04 Å². The van der Waals surface area contributed by atoms with Crippen LogP contribution < -0.4 is 10.0 Å². The number of thioether (sulfide) groups is 1. The maximum atomic E-state index is 12.9. The van der Waals surface area contributed by atoms with Gasteiger partial charge in [-0.2, -0.15) is 0 Å². The average molecular weight is 434 g/mol. The van der Waals surface area contributed by atoms with Gasteiger partial charge >= 0.3 is 0 Å². The lowest BCUT2D eigenvalue weighted by Crippen LogP contribution is -2.44. The van der Waals surface area contributed by atoms with Crippen LogP contribution >= 0.6 is 11.8 Å². The summed E-state index contributed by atoms with van der Waals surface area (Å²) in [5.41, 5.74) is 3.25. The van der Waals surface area contributed by atoms with Crippen molar-refractivity contribution in [3.63, 3.8) is 0 Å². The normalized spacial score (nSPS) is 16.7. The topological polar surface area (TPSA) is 95.6 Å². The highest BCUT2D eigenvalue weighted by Crippen LogP contribution is 2.25. The molecular weight excluding hydrogens is 410 g/mol. The summed E-state index contributed by atoms with van der Waals surface area (Å²) < 4.78 is 25.9. The van der Waals surface area contributed by atoms with E-state index in [2.05, 4.69) is 10.0 Å². The van der Waals surface area contributed by atoms with Crippen molar-refractivity contribution in [3.05, 3.63) is 59.2 Å². The smallest absolute Gasteiger partial charge is 0.255 e. The predicted octanol–water partition coefficient (Wildman–Crippen LogP) is 2.37. The fourth-order valence-electron chi connectivity index (χ4n) is 2.97. The van der Waals surface area contributed by atoms with E-state index in [1.807, 2.05) is 32.0 Å². The highest BCUT2D eigenvalue weighted by atomic mass is 32.2. The molecule has 1 heterocycles. The Kier molecular flexibility index (Phi) is 6.30. The molecule has 1 saturated heterocycles. The van der Waals surface area contributed by atoms with Crippen molar-refractivity contribution in [3.8, 4) is 0 Å². The molecular formula is C20H23N3O4S2. The largest absolute Gasteiger partial charge is 0.324 e. The summed E-state index contributed by atoms with van der Waals surface area (Å²) in [6.07, 6.45) is 0. The van der Waals surface area contributed by atoms with E-state index in [0.717, 1.165) is 11.1 Å². The minimum absolute atomic E-state index is 0.0800. The standard InChI is InChI=1S/C20H23N3O4S2/c1-13-4-7-16(10-14(13)2)22-19(24)18-11-28-12-23(18)20(25)15-5-8-17(9-6-15)29(26,27)21-3/h4-10,18,21H,11-12H2,1-3H3,(H,22,24). The minimum atomic E-state index is -3.57. The Bertz CT molecular complexity index is 1040. The summed E-state index contributed by atoms with van der Waals surface area (Å²) in [7, 11) is -2.24. The van der Waals surface area contributed by atoms with Gasteiger partial charge in [-0.3, -0.25) is 9.59 Å². The monoisotopic (exact) mass is 433 g/mol. The highest BCUT2D eigenvalue weighted by Gasteiger charge is 2.35. The molecule has 1 aliphatic heterocycles. The van der Waals surface area contributed by atoms with E-state index >= 15 is 0 Å². The first-order chi connectivity index (χ1) is 13.7. The molecule has 2 N–H and O–H groups in total. The van der Waals surface area contributed by atoms with Crippen LogP contribution in [0.2, 0.25) is 0 Å². The van der Waals surface area contributed by atoms with Gasteiger partial charge < -0.3 is 10.2 Å². The van der Waals surface area contributed by atoms with Crippen molar-refractivity contribution in [1.82, 2.24) is 9.62 Å². The number of hydrogen-bond donors (Lipinski definition) is 2. The number of sulfonamides is 1. The van der Waals surface area contributed by atoms with E-state index in [9.17, 15) is 18.0 Å². The van der Waals surface area contributed by atoms with Crippen molar-refractivity contribution in [2.24, 2.45) is 0 Å². The number of rotatable bonds is 5. The van der Waals surface area contributed by atoms with E-state index in [4.69, 9.17) is 0 Å². The van der Waals surface area contributed by atoms with Crippen LogP contribution in [0.4, 0.5) is 5.69 Å². The Balaban J connectivity index is 1.74. The Morgan fingerprint density at radius 2 is 1.76 bits per heavy atom. The Hall–Kier alpha value is -2.36. The van der Waals surface area contributed by atoms with Crippen LogP contribution in [0.1, 0.15) is 21.5 Å². The van der Waals surface area contributed by atoms with E-state index in [1.54, 1.807) is 0 Å². The van der Waals surface area contributed by atoms with Gasteiger partial charge in [-0.1, -0.05) is 6.07 Å². The molecule has 1 atom stereocenters. The van der Waals surface area contributed by atoms with Gasteiger partial charge in [0.05, 0.1) is 10.8 Å². The molecule has 0 saturated carbocycles. The van der Waals surface area contributed by atoms with Crippen LogP contribution in [0.3, 0.4) is 0 Å². The minimum Gasteiger partial charge on any atom is -0.324 e. The Labute approximate surface area is 174 Å². The third-order valence-electron chi connectivity index (χ3n) is 4.90. The van der Waals surface area contributed by atoms with E-state index < -0.39 is 16.1 Å². The predicted molar refractivity (Wildman–Crippen MR) is 115 cm³/mol. The molecule has 1 unspecified atom stereocenters. The van der Waals surface area contributed by atoms with Gasteiger partial charge in [0.25, 0.3) is 5.91 Å². The summed E-state index contributed by atoms with van der Waals surface area (Å²) in [6, 6.07) is 10.8. The van der Waals surface area contributed by atoms with E-state index in [-0.39, 0.29) is 16.7 Å². The quantitative estimate of drug-likeness (QED) is 0.755. The van der Waals surface area contributed by atoms with Gasteiger partial charge in [-0.05, 0) is 68.4 Å². The molecule has 0 aliphatic carbocycles. The van der Waals surface area contributed by atoms with Crippen molar-refractivity contribution in [1.29, 1.82) is 0 Å². The van der Waals surface area contributed by atoms with Crippen molar-refractivity contribution >= 4 is 39.3 Å².